The molecule has 0 saturated carbocycles. The molecule has 1 aliphatic heterocycles. The molecule has 0 spiro atoms. The number of piperazine rings is 1. The predicted molar refractivity (Wildman–Crippen MR) is 113 cm³/mol. The summed E-state index contributed by atoms with van der Waals surface area (Å²) in [6.45, 7) is 3.22. The Labute approximate surface area is 167 Å². The van der Waals surface area contributed by atoms with Crippen molar-refractivity contribution in [1.82, 2.24) is 24.3 Å². The molecule has 0 aliphatic carbocycles. The van der Waals surface area contributed by atoms with Crippen molar-refractivity contribution >= 4 is 27.8 Å². The Morgan fingerprint density at radius 2 is 1.79 bits per heavy atom. The number of imidazole rings is 1. The standard InChI is InChI=1S/C22H21N5O2/c1-25-10-12-26(13-11-25)21(29)16-6-8-17-18(14-16)24-22(23-17)27-19-5-3-2-4-15(19)7-9-20(27)28/h2-9,14H,10-13H2,1H3,(H,23,24). The molecule has 5 rings (SSSR count). The first-order chi connectivity index (χ1) is 14.1. The number of amides is 1. The summed E-state index contributed by atoms with van der Waals surface area (Å²) >= 11 is 0. The molecule has 1 amide bonds. The number of carbonyl (C=O) groups excluding carboxylic acids is 1. The Morgan fingerprint density at radius 3 is 2.62 bits per heavy atom. The van der Waals surface area contributed by atoms with Crippen LogP contribution in [0.25, 0.3) is 27.9 Å². The van der Waals surface area contributed by atoms with Crippen LogP contribution in [0.15, 0.2) is 59.4 Å². The highest BCUT2D eigenvalue weighted by Crippen LogP contribution is 2.20. The van der Waals surface area contributed by atoms with Gasteiger partial charge in [0, 0.05) is 37.8 Å². The molecule has 2 aromatic carbocycles. The number of aromatic nitrogens is 3. The zero-order chi connectivity index (χ0) is 20.0. The summed E-state index contributed by atoms with van der Waals surface area (Å²) in [6, 6.07) is 16.5. The molecule has 1 aliphatic rings. The summed E-state index contributed by atoms with van der Waals surface area (Å²) in [5, 5.41) is 0.957. The number of para-hydroxylation sites is 1. The van der Waals surface area contributed by atoms with Gasteiger partial charge >= 0.3 is 0 Å². The highest BCUT2D eigenvalue weighted by Gasteiger charge is 2.21. The van der Waals surface area contributed by atoms with E-state index in [0.29, 0.717) is 11.5 Å². The first kappa shape index (κ1) is 17.6. The lowest BCUT2D eigenvalue weighted by molar-refractivity contribution is 0.0664. The van der Waals surface area contributed by atoms with Gasteiger partial charge in [0.1, 0.15) is 0 Å². The topological polar surface area (TPSA) is 74.2 Å². The largest absolute Gasteiger partial charge is 0.336 e. The molecule has 0 radical (unpaired) electrons. The fourth-order valence-electron chi connectivity index (χ4n) is 3.83. The molecular weight excluding hydrogens is 366 g/mol. The number of carbonyl (C=O) groups is 1. The Kier molecular flexibility index (Phi) is 4.17. The lowest BCUT2D eigenvalue weighted by Crippen LogP contribution is -2.47. The van der Waals surface area contributed by atoms with E-state index in [1.54, 1.807) is 10.6 Å². The van der Waals surface area contributed by atoms with Gasteiger partial charge in [0.2, 0.25) is 5.95 Å². The van der Waals surface area contributed by atoms with Crippen LogP contribution in [0.5, 0.6) is 0 Å². The normalized spacial score (nSPS) is 15.3. The van der Waals surface area contributed by atoms with Crippen LogP contribution in [0, 0.1) is 0 Å². The van der Waals surface area contributed by atoms with Crippen LogP contribution >= 0.6 is 0 Å². The van der Waals surface area contributed by atoms with Gasteiger partial charge in [0.05, 0.1) is 16.6 Å². The minimum atomic E-state index is -0.156. The van der Waals surface area contributed by atoms with Gasteiger partial charge in [-0.15, -0.1) is 0 Å². The van der Waals surface area contributed by atoms with Gasteiger partial charge in [0.25, 0.3) is 11.5 Å². The van der Waals surface area contributed by atoms with E-state index in [2.05, 4.69) is 21.9 Å². The maximum Gasteiger partial charge on any atom is 0.257 e. The van der Waals surface area contributed by atoms with Crippen LogP contribution in [-0.2, 0) is 0 Å². The van der Waals surface area contributed by atoms with Crippen LogP contribution in [0.4, 0.5) is 0 Å². The van der Waals surface area contributed by atoms with Crippen molar-refractivity contribution < 1.29 is 4.79 Å². The maximum absolute atomic E-state index is 12.9. The molecule has 0 bridgehead atoms. The van der Waals surface area contributed by atoms with Crippen LogP contribution in [0.2, 0.25) is 0 Å². The van der Waals surface area contributed by atoms with Gasteiger partial charge in [-0.2, -0.15) is 0 Å². The molecule has 146 valence electrons. The summed E-state index contributed by atoms with van der Waals surface area (Å²) in [4.78, 5) is 37.3. The van der Waals surface area contributed by atoms with Crippen molar-refractivity contribution in [2.45, 2.75) is 0 Å². The zero-order valence-corrected chi connectivity index (χ0v) is 16.1. The lowest BCUT2D eigenvalue weighted by Gasteiger charge is -2.32. The Morgan fingerprint density at radius 1 is 1.00 bits per heavy atom. The van der Waals surface area contributed by atoms with Gasteiger partial charge in [-0.3, -0.25) is 9.59 Å². The Bertz CT molecular complexity index is 1280. The van der Waals surface area contributed by atoms with Gasteiger partial charge in [0.15, 0.2) is 0 Å². The third-order valence-corrected chi connectivity index (χ3v) is 5.52. The second-order valence-electron chi connectivity index (χ2n) is 7.45. The first-order valence-electron chi connectivity index (χ1n) is 9.69. The monoisotopic (exact) mass is 387 g/mol. The van der Waals surface area contributed by atoms with E-state index >= 15 is 0 Å². The Balaban J connectivity index is 1.55. The number of nitrogens with one attached hydrogen (secondary N) is 1. The van der Waals surface area contributed by atoms with E-state index in [0.717, 1.165) is 48.1 Å². The van der Waals surface area contributed by atoms with Crippen molar-refractivity contribution in [1.29, 1.82) is 0 Å². The van der Waals surface area contributed by atoms with Crippen LogP contribution in [-0.4, -0.2) is 63.5 Å². The molecule has 1 fully saturated rings. The van der Waals surface area contributed by atoms with Crippen LogP contribution in [0.1, 0.15) is 10.4 Å². The molecule has 4 aromatic rings. The number of likely N-dealkylation sites (N-methyl/N-ethyl adjacent to an activating group) is 1. The van der Waals surface area contributed by atoms with Crippen molar-refractivity contribution in [3.05, 3.63) is 70.5 Å². The number of pyridine rings is 1. The van der Waals surface area contributed by atoms with Crippen LogP contribution in [0.3, 0.4) is 0 Å². The van der Waals surface area contributed by atoms with Gasteiger partial charge < -0.3 is 14.8 Å². The second-order valence-corrected chi connectivity index (χ2v) is 7.45. The van der Waals surface area contributed by atoms with Crippen LogP contribution < -0.4 is 5.56 Å². The van der Waals surface area contributed by atoms with E-state index in [4.69, 9.17) is 0 Å². The second kappa shape index (κ2) is 6.86. The third kappa shape index (κ3) is 3.09. The fourth-order valence-corrected chi connectivity index (χ4v) is 3.83. The molecule has 29 heavy (non-hydrogen) atoms. The molecular formula is C22H21N5O2. The van der Waals surface area contributed by atoms with E-state index in [9.17, 15) is 9.59 Å². The number of aromatic amines is 1. The quantitative estimate of drug-likeness (QED) is 0.573. The molecule has 0 unspecified atom stereocenters. The summed E-state index contributed by atoms with van der Waals surface area (Å²) in [7, 11) is 2.06. The number of fused-ring (bicyclic) bond motifs is 2. The van der Waals surface area contributed by atoms with Gasteiger partial charge in [-0.25, -0.2) is 9.55 Å². The van der Waals surface area contributed by atoms with Gasteiger partial charge in [-0.05, 0) is 42.8 Å². The Hall–Kier alpha value is -3.45. The molecule has 1 saturated heterocycles. The van der Waals surface area contributed by atoms with Crippen molar-refractivity contribution in [2.24, 2.45) is 0 Å². The third-order valence-electron chi connectivity index (χ3n) is 5.52. The van der Waals surface area contributed by atoms with E-state index in [-0.39, 0.29) is 11.5 Å². The predicted octanol–water partition coefficient (Wildman–Crippen LogP) is 2.25. The SMILES string of the molecule is CN1CCN(C(=O)c2ccc3nc(-n4c(=O)ccc5ccccc54)[nH]c3c2)CC1. The molecule has 2 aromatic heterocycles. The highest BCUT2D eigenvalue weighted by molar-refractivity contribution is 5.97. The van der Waals surface area contributed by atoms with Gasteiger partial charge in [-0.1, -0.05) is 18.2 Å². The molecule has 0 atom stereocenters. The summed E-state index contributed by atoms with van der Waals surface area (Å²) in [6.07, 6.45) is 0. The zero-order valence-electron chi connectivity index (χ0n) is 16.1. The smallest absolute Gasteiger partial charge is 0.257 e. The number of H-pyrrole nitrogens is 1. The average molecular weight is 387 g/mol. The number of hydrogen-bond donors (Lipinski definition) is 1. The molecule has 7 nitrogen and oxygen atoms in total. The number of nitrogens with zero attached hydrogens (tertiary/aromatic N) is 4. The van der Waals surface area contributed by atoms with E-state index in [1.807, 2.05) is 47.4 Å². The minimum absolute atomic E-state index is 0.0264. The maximum atomic E-state index is 12.9. The molecule has 7 heteroatoms. The fraction of sp³-hybridized carbons (Fsp3) is 0.227. The van der Waals surface area contributed by atoms with Crippen molar-refractivity contribution in [3.8, 4) is 5.95 Å². The summed E-state index contributed by atoms with van der Waals surface area (Å²) in [5.41, 5.74) is 2.71. The summed E-state index contributed by atoms with van der Waals surface area (Å²) < 4.78 is 1.57. The summed E-state index contributed by atoms with van der Waals surface area (Å²) in [5.74, 6) is 0.476. The van der Waals surface area contributed by atoms with Crippen molar-refractivity contribution in [3.63, 3.8) is 0 Å². The molecule has 3 heterocycles. The number of benzene rings is 2. The number of rotatable bonds is 2. The highest BCUT2D eigenvalue weighted by atomic mass is 16.2. The van der Waals surface area contributed by atoms with Crippen molar-refractivity contribution in [2.75, 3.05) is 33.2 Å². The van der Waals surface area contributed by atoms with E-state index in [1.165, 1.54) is 6.07 Å². The van der Waals surface area contributed by atoms with E-state index < -0.39 is 0 Å². The first-order valence-corrected chi connectivity index (χ1v) is 9.69. The lowest BCUT2D eigenvalue weighted by atomic mass is 10.1. The minimum Gasteiger partial charge on any atom is -0.336 e. The molecule has 1 N–H and O–H groups in total. The number of hydrogen-bond acceptors (Lipinski definition) is 4. The average Bonchev–Trinajstić information content (AvgIpc) is 3.16.